The van der Waals surface area contributed by atoms with Gasteiger partial charge in [0.15, 0.2) is 0 Å². The van der Waals surface area contributed by atoms with E-state index in [2.05, 4.69) is 16.0 Å². The molecule has 0 atom stereocenters. The lowest BCUT2D eigenvalue weighted by Gasteiger charge is -2.29. The van der Waals surface area contributed by atoms with Crippen LogP contribution < -0.4 is 26.1 Å². The van der Waals surface area contributed by atoms with Crippen molar-refractivity contribution in [1.82, 2.24) is 4.98 Å². The Kier molecular flexibility index (Phi) is 3.56. The lowest BCUT2D eigenvalue weighted by Crippen LogP contribution is -2.37. The fourth-order valence-corrected chi connectivity index (χ4v) is 2.62. The second-order valence-corrected chi connectivity index (χ2v) is 4.95. The first-order chi connectivity index (χ1) is 10.7. The highest BCUT2D eigenvalue weighted by atomic mass is 16.5. The van der Waals surface area contributed by atoms with E-state index in [0.29, 0.717) is 60.2 Å². The third-order valence-corrected chi connectivity index (χ3v) is 3.69. The number of nitrogens with zero attached hydrogens (tertiary/aromatic N) is 3. The van der Waals surface area contributed by atoms with Gasteiger partial charge in [-0.2, -0.15) is 5.26 Å². The second kappa shape index (κ2) is 5.54. The Bertz CT molecular complexity index is 764. The largest absolute Gasteiger partial charge is 0.466 e. The summed E-state index contributed by atoms with van der Waals surface area (Å²) < 4.78 is 10.5. The van der Waals surface area contributed by atoms with Gasteiger partial charge in [0, 0.05) is 24.5 Å². The monoisotopic (exact) mass is 301 g/mol. The fourth-order valence-electron chi connectivity index (χ4n) is 2.62. The van der Waals surface area contributed by atoms with Crippen molar-refractivity contribution in [2.75, 3.05) is 49.8 Å². The summed E-state index contributed by atoms with van der Waals surface area (Å²) in [5.41, 5.74) is 12.5. The number of rotatable bonds is 2. The van der Waals surface area contributed by atoms with Crippen LogP contribution in [-0.4, -0.2) is 38.4 Å². The van der Waals surface area contributed by atoms with Gasteiger partial charge in [-0.1, -0.05) is 0 Å². The van der Waals surface area contributed by atoms with Gasteiger partial charge >= 0.3 is 0 Å². The van der Waals surface area contributed by atoms with E-state index in [1.54, 1.807) is 6.07 Å². The number of morpholine rings is 1. The molecule has 22 heavy (non-hydrogen) atoms. The van der Waals surface area contributed by atoms with Crippen LogP contribution in [0.15, 0.2) is 6.07 Å². The smallest absolute Gasteiger partial charge is 0.284 e. The normalized spacial score (nSPS) is 14.8. The van der Waals surface area contributed by atoms with Gasteiger partial charge in [0.1, 0.15) is 28.7 Å². The predicted molar refractivity (Wildman–Crippen MR) is 81.4 cm³/mol. The molecular weight excluding hydrogens is 284 g/mol. The minimum absolute atomic E-state index is 0.284. The molecule has 114 valence electrons. The van der Waals surface area contributed by atoms with Crippen LogP contribution in [-0.2, 0) is 4.74 Å². The Morgan fingerprint density at radius 2 is 2.14 bits per heavy atom. The number of aromatic nitrogens is 2. The number of aromatic amines is 1. The molecule has 8 nitrogen and oxygen atoms in total. The fraction of sp³-hybridized carbons (Fsp3) is 0.357. The van der Waals surface area contributed by atoms with Gasteiger partial charge in [0.25, 0.3) is 11.7 Å². The molecule has 0 unspecified atom stereocenters. The molecule has 2 aromatic heterocycles. The number of hydrogen-bond acceptors (Lipinski definition) is 7. The number of nitrogens with two attached hydrogens (primary N) is 2. The predicted octanol–water partition coefficient (Wildman–Crippen LogP) is -0.0698. The second-order valence-electron chi connectivity index (χ2n) is 4.95. The number of nitrogens with one attached hydrogen (secondary N) is 1. The first-order valence-electron chi connectivity index (χ1n) is 6.87. The molecule has 8 heteroatoms. The van der Waals surface area contributed by atoms with E-state index >= 15 is 0 Å². The topological polar surface area (TPSA) is 125 Å². The molecule has 0 amide bonds. The maximum atomic E-state index is 9.61. The highest BCUT2D eigenvalue weighted by Crippen LogP contribution is 2.33. The van der Waals surface area contributed by atoms with Crippen LogP contribution in [0.4, 0.5) is 17.5 Å². The van der Waals surface area contributed by atoms with Gasteiger partial charge in [0.2, 0.25) is 0 Å². The van der Waals surface area contributed by atoms with E-state index in [4.69, 9.17) is 20.9 Å². The molecule has 1 saturated heterocycles. The first-order valence-corrected chi connectivity index (χ1v) is 6.87. The highest BCUT2D eigenvalue weighted by Gasteiger charge is 2.23. The molecule has 0 saturated carbocycles. The summed E-state index contributed by atoms with van der Waals surface area (Å²) in [6.07, 6.45) is 0. The van der Waals surface area contributed by atoms with Crippen LogP contribution in [0.2, 0.25) is 0 Å². The molecule has 0 aromatic carbocycles. The van der Waals surface area contributed by atoms with E-state index in [1.165, 1.54) is 7.11 Å². The first kappa shape index (κ1) is 14.2. The molecule has 0 aliphatic carbocycles. The van der Waals surface area contributed by atoms with Gasteiger partial charge in [-0.25, -0.2) is 9.97 Å². The van der Waals surface area contributed by atoms with Gasteiger partial charge in [-0.05, 0) is 0 Å². The minimum atomic E-state index is 0.284. The van der Waals surface area contributed by atoms with E-state index in [0.717, 1.165) is 0 Å². The number of fused-ring (bicyclic) bond motifs is 1. The maximum Gasteiger partial charge on any atom is 0.284 e. The van der Waals surface area contributed by atoms with Gasteiger partial charge < -0.3 is 20.1 Å². The third-order valence-electron chi connectivity index (χ3n) is 3.69. The maximum absolute atomic E-state index is 9.61. The molecule has 1 aliphatic rings. The van der Waals surface area contributed by atoms with Crippen molar-refractivity contribution in [3.63, 3.8) is 0 Å². The van der Waals surface area contributed by atoms with Gasteiger partial charge in [-0.3, -0.25) is 5.73 Å². The van der Waals surface area contributed by atoms with Crippen molar-refractivity contribution in [3.05, 3.63) is 11.6 Å². The van der Waals surface area contributed by atoms with Crippen LogP contribution in [0, 0.1) is 11.3 Å². The summed E-state index contributed by atoms with van der Waals surface area (Å²) in [6.45, 7) is 2.52. The molecule has 5 N–H and O–H groups in total. The zero-order chi connectivity index (χ0) is 15.7. The summed E-state index contributed by atoms with van der Waals surface area (Å²) in [4.78, 5) is 9.28. The van der Waals surface area contributed by atoms with Crippen LogP contribution in [0.1, 0.15) is 5.56 Å². The van der Waals surface area contributed by atoms with Crippen LogP contribution >= 0.6 is 0 Å². The number of ether oxygens (including phenoxy) is 2. The highest BCUT2D eigenvalue weighted by molar-refractivity contribution is 6.03. The number of pyridine rings is 2. The molecule has 1 fully saturated rings. The molecule has 1 aliphatic heterocycles. The Balaban J connectivity index is 2.28. The lowest BCUT2D eigenvalue weighted by atomic mass is 10.1. The van der Waals surface area contributed by atoms with Crippen molar-refractivity contribution in [2.45, 2.75) is 0 Å². The van der Waals surface area contributed by atoms with Crippen molar-refractivity contribution in [1.29, 1.82) is 5.26 Å². The van der Waals surface area contributed by atoms with Gasteiger partial charge in [0.05, 0.1) is 20.3 Å². The quantitative estimate of drug-likeness (QED) is 0.795. The number of methoxy groups -OCH3 is 1. The Labute approximate surface area is 127 Å². The average molecular weight is 301 g/mol. The standard InChI is InChI=1S/C14H16N6O2/c1-21-10-6-8-9(7-15)14(20-2-4-22-5-3-20)19-13(17)11(8)12(16)18-10/h6H,2-5H2,1H3,(H2,16,18)(H2,17,19)/p+1. The van der Waals surface area contributed by atoms with Crippen LogP contribution in [0.25, 0.3) is 10.8 Å². The zero-order valence-corrected chi connectivity index (χ0v) is 12.2. The molecule has 3 rings (SSSR count). The number of hydrogen-bond donors (Lipinski definition) is 2. The summed E-state index contributed by atoms with van der Waals surface area (Å²) in [5, 5.41) is 10.8. The van der Waals surface area contributed by atoms with Crippen LogP contribution in [0.3, 0.4) is 0 Å². The average Bonchev–Trinajstić information content (AvgIpc) is 2.54. The molecule has 0 spiro atoms. The minimum Gasteiger partial charge on any atom is -0.466 e. The molecule has 2 aromatic rings. The van der Waals surface area contributed by atoms with E-state index < -0.39 is 0 Å². The van der Waals surface area contributed by atoms with Crippen LogP contribution in [0.5, 0.6) is 5.88 Å². The summed E-state index contributed by atoms with van der Waals surface area (Å²) >= 11 is 0. The van der Waals surface area contributed by atoms with E-state index in [1.807, 2.05) is 4.90 Å². The summed E-state index contributed by atoms with van der Waals surface area (Å²) in [7, 11) is 1.52. The Hall–Kier alpha value is -2.79. The third kappa shape index (κ3) is 2.21. The van der Waals surface area contributed by atoms with Crippen molar-refractivity contribution in [3.8, 4) is 11.9 Å². The van der Waals surface area contributed by atoms with Crippen molar-refractivity contribution < 1.29 is 14.5 Å². The summed E-state index contributed by atoms with van der Waals surface area (Å²) in [6, 6.07) is 3.93. The number of nitrogen functional groups attached to an aromatic ring is 2. The van der Waals surface area contributed by atoms with Gasteiger partial charge in [-0.15, -0.1) is 0 Å². The van der Waals surface area contributed by atoms with E-state index in [9.17, 15) is 5.26 Å². The molecule has 3 heterocycles. The molecule has 0 radical (unpaired) electrons. The lowest BCUT2D eigenvalue weighted by molar-refractivity contribution is -0.374. The zero-order valence-electron chi connectivity index (χ0n) is 12.2. The Morgan fingerprint density at radius 1 is 1.41 bits per heavy atom. The van der Waals surface area contributed by atoms with Crippen molar-refractivity contribution >= 4 is 28.2 Å². The Morgan fingerprint density at radius 3 is 2.77 bits per heavy atom. The van der Waals surface area contributed by atoms with Crippen molar-refractivity contribution in [2.24, 2.45) is 0 Å². The number of nitriles is 1. The van der Waals surface area contributed by atoms with E-state index in [-0.39, 0.29) is 5.82 Å². The SMILES string of the molecule is COc1cc2c(C#N)c(N3CCOCC3)nc(N)c2c(N)[nH+]1. The molecular formula is C14H17N6O2+. The summed E-state index contributed by atoms with van der Waals surface area (Å²) in [5.74, 6) is 1.62. The number of anilines is 3. The number of H-pyrrole nitrogens is 1. The molecule has 0 bridgehead atoms.